The van der Waals surface area contributed by atoms with E-state index in [-0.39, 0.29) is 88.7 Å². The Bertz CT molecular complexity index is 5120. The highest BCUT2D eigenvalue weighted by atomic mass is 79.9. The lowest BCUT2D eigenvalue weighted by Gasteiger charge is -2.14. The predicted octanol–water partition coefficient (Wildman–Crippen LogP) is 5.73. The zero-order chi connectivity index (χ0) is 82.4. The van der Waals surface area contributed by atoms with Crippen LogP contribution in [0.15, 0.2) is 185 Å². The number of methoxy groups -OCH3 is 2. The minimum absolute atomic E-state index is 0.00144. The molecule has 36 nitrogen and oxygen atoms in total. The van der Waals surface area contributed by atoms with Crippen molar-refractivity contribution in [3.63, 3.8) is 0 Å². The molecule has 42 heteroatoms. The number of anilines is 5. The first-order chi connectivity index (χ1) is 52.6. The number of ketones is 1. The van der Waals surface area contributed by atoms with Gasteiger partial charge in [-0.05, 0) is 85.6 Å². The number of ether oxygens (including phenoxy) is 2. The van der Waals surface area contributed by atoms with Crippen LogP contribution in [0.2, 0.25) is 0 Å². The summed E-state index contributed by atoms with van der Waals surface area (Å²) < 4.78 is 101. The average molecular weight is 1670 g/mol. The van der Waals surface area contributed by atoms with Gasteiger partial charge in [-0.25, -0.2) is 71.1 Å². The third-order valence-corrected chi connectivity index (χ3v) is 24.6. The molecule has 0 radical (unpaired) electrons. The number of esters is 2. The van der Waals surface area contributed by atoms with Gasteiger partial charge in [-0.15, -0.1) is 0 Å². The van der Waals surface area contributed by atoms with Crippen molar-refractivity contribution in [2.75, 3.05) is 82.3 Å². The summed E-state index contributed by atoms with van der Waals surface area (Å²) >= 11 is 3.06. The number of nitrogen functional groups attached to an aromatic ring is 5. The van der Waals surface area contributed by atoms with Crippen molar-refractivity contribution in [1.82, 2.24) is 39.9 Å². The summed E-state index contributed by atoms with van der Waals surface area (Å²) in [4.78, 5) is 77.9. The Kier molecular flexibility index (Phi) is 35.2. The van der Waals surface area contributed by atoms with Gasteiger partial charge in [-0.1, -0.05) is 109 Å². The Balaban J connectivity index is 0.000000249. The molecular formula is C69H77BBrN13O23P2S2. The summed E-state index contributed by atoms with van der Waals surface area (Å²) in [5.41, 5.74) is 34.0. The first-order valence-electron chi connectivity index (χ1n) is 31.7. The number of nitrogens with two attached hydrogens (primary N) is 5. The summed E-state index contributed by atoms with van der Waals surface area (Å²) in [5, 5.41) is 62.0. The molecule has 6 aromatic carbocycles. The lowest BCUT2D eigenvalue weighted by atomic mass is 9.80. The van der Waals surface area contributed by atoms with Gasteiger partial charge in [0.1, 0.15) is 10.3 Å². The van der Waals surface area contributed by atoms with Crippen molar-refractivity contribution in [1.29, 1.82) is 0 Å². The number of Topliss-reactive ketones (excluding diaryl/α,β-unsaturated/α-hetero) is 1. The maximum atomic E-state index is 12.9. The molecule has 0 aliphatic rings. The number of aliphatic hydroxyl groups excluding tert-OH is 4. The number of hydrogen-bond donors (Lipinski definition) is 12. The minimum Gasteiger partial charge on any atom is -0.476 e. The van der Waals surface area contributed by atoms with Crippen LogP contribution in [-0.4, -0.2) is 177 Å². The van der Waals surface area contributed by atoms with E-state index in [0.717, 1.165) is 56.3 Å². The monoisotopic (exact) mass is 1670 g/mol. The maximum Gasteiger partial charge on any atom is 0.488 e. The second-order valence-electron chi connectivity index (χ2n) is 22.3. The number of carbonyl (C=O) groups is 4. The second-order valence-corrected chi connectivity index (χ2v) is 32.5. The molecule has 111 heavy (non-hydrogen) atoms. The van der Waals surface area contributed by atoms with Crippen LogP contribution >= 0.6 is 31.1 Å². The third kappa shape index (κ3) is 27.3. The van der Waals surface area contributed by atoms with Crippen molar-refractivity contribution < 1.29 is 108 Å². The van der Waals surface area contributed by atoms with Crippen LogP contribution in [0.4, 0.5) is 29.0 Å². The molecule has 4 heterocycles. The number of nitrogens with zero attached hydrogens (tertiary/aromatic N) is 8. The number of hydrogen-bond acceptors (Lipinski definition) is 35. The average Bonchev–Trinajstić information content (AvgIpc) is 0.821. The molecule has 588 valence electrons. The lowest BCUT2D eigenvalue weighted by molar-refractivity contribution is 0.0586. The number of carboxylic acids is 1. The summed E-state index contributed by atoms with van der Waals surface area (Å²) in [6, 6.07) is 38.7. The van der Waals surface area contributed by atoms with Gasteiger partial charge in [-0.3, -0.25) is 13.9 Å². The van der Waals surface area contributed by atoms with Crippen LogP contribution in [0, 0.1) is 0 Å². The van der Waals surface area contributed by atoms with Crippen LogP contribution in [0.3, 0.4) is 0 Å². The summed E-state index contributed by atoms with van der Waals surface area (Å²) in [6.45, 7) is -0.188. The molecule has 0 saturated carbocycles. The van der Waals surface area contributed by atoms with E-state index in [1.165, 1.54) is 87.5 Å². The number of carboxylic acid groups (broad SMARTS) is 1. The number of halogens is 1. The van der Waals surface area contributed by atoms with E-state index >= 15 is 0 Å². The number of aromatic carboxylic acids is 1. The van der Waals surface area contributed by atoms with Gasteiger partial charge in [0.05, 0.1) is 92.3 Å². The van der Waals surface area contributed by atoms with Gasteiger partial charge >= 0.3 is 40.2 Å². The van der Waals surface area contributed by atoms with E-state index in [1.807, 2.05) is 0 Å². The number of benzene rings is 6. The molecule has 0 saturated heterocycles. The van der Waals surface area contributed by atoms with Crippen molar-refractivity contribution in [3.8, 4) is 33.8 Å². The highest BCUT2D eigenvalue weighted by Crippen LogP contribution is 2.49. The van der Waals surface area contributed by atoms with Gasteiger partial charge in [0, 0.05) is 57.2 Å². The topological polar surface area (TPSA) is 601 Å². The Hall–Kier alpha value is -10.8. The highest BCUT2D eigenvalue weighted by Gasteiger charge is 2.33. The minimum atomic E-state index is -3.94. The van der Waals surface area contributed by atoms with E-state index in [0.29, 0.717) is 49.5 Å². The lowest BCUT2D eigenvalue weighted by Crippen LogP contribution is -2.29. The smallest absolute Gasteiger partial charge is 0.476 e. The Morgan fingerprint density at radius 1 is 0.423 bits per heavy atom. The first-order valence-corrected chi connectivity index (χ1v) is 39.2. The van der Waals surface area contributed by atoms with Crippen molar-refractivity contribution in [2.24, 2.45) is 0 Å². The Morgan fingerprint density at radius 2 is 0.721 bits per heavy atom. The fourth-order valence-corrected chi connectivity index (χ4v) is 16.6. The largest absolute Gasteiger partial charge is 0.488 e. The summed E-state index contributed by atoms with van der Waals surface area (Å²) in [7, 11) is -9.44. The van der Waals surface area contributed by atoms with Crippen LogP contribution in [0.1, 0.15) is 69.8 Å². The van der Waals surface area contributed by atoms with Crippen LogP contribution in [-0.2, 0) is 89.2 Å². The number of carbonyl (C=O) groups excluding carboxylic acids is 3. The maximum absolute atomic E-state index is 12.9. The standard InChI is InChI=1S/C22H24N3O7PS.C13H13N3O3.C12H11N3O3.C9H14NO5PS.C7H9BO3.C6H6BrN3O2/c1-31-33(28,32-2)14-34(29,30)18-9-5-15(6-10-18)11-20(27)21-22(23)24-12-19(25-21)17-7-3-16(13-26)4-8-17;1-19-13(18)11-12(14)15-6-10(16-11)9-4-2-8(7-17)3-5-9;13-11-10(12(17)18)15-9(5-14-11)8-3-1-7(6-16)2-4-8;1-14-16(11,15-2)7-17(12,13)9-5-3-8(10)4-6-9;9-5-6-1-3-7(4-2-6)8(10)11;1-12-6(11)4-5(8)9-2-3(7)10-4/h3-10,12,26H,11,13-14H2,1-2H3,(H2,23,24);2-6,17H,7H2,1H3,(H2,14,15);1-5,16H,6H2,(H2,13,14)(H,17,18);3-6H,7,10H2,1-2H3;1-4,9-11H,5H2;2H,1H3,(H2,8,9). The molecule has 0 unspecified atom stereocenters. The van der Waals surface area contributed by atoms with Crippen LogP contribution in [0.25, 0.3) is 33.8 Å². The van der Waals surface area contributed by atoms with Crippen LogP contribution in [0.5, 0.6) is 0 Å². The van der Waals surface area contributed by atoms with Crippen molar-refractivity contribution in [2.45, 2.75) is 42.6 Å². The molecule has 0 aliphatic carbocycles. The second kappa shape index (κ2) is 43.0. The number of rotatable bonds is 24. The fraction of sp³-hybridized carbons (Fsp3) is 0.188. The van der Waals surface area contributed by atoms with Crippen LogP contribution < -0.4 is 34.1 Å². The van der Waals surface area contributed by atoms with Gasteiger partial charge in [0.2, 0.25) is 0 Å². The molecule has 10 rings (SSSR count). The Morgan fingerprint density at radius 3 is 1.05 bits per heavy atom. The van der Waals surface area contributed by atoms with E-state index in [1.54, 1.807) is 97.1 Å². The zero-order valence-corrected chi connectivity index (χ0v) is 64.9. The zero-order valence-electron chi connectivity index (χ0n) is 59.9. The first kappa shape index (κ1) is 90.8. The summed E-state index contributed by atoms with van der Waals surface area (Å²) in [5.74, 6) is -2.87. The van der Waals surface area contributed by atoms with E-state index in [2.05, 4.69) is 74.3 Å². The number of aliphatic hydroxyl groups is 4. The molecule has 10 aromatic rings. The van der Waals surface area contributed by atoms with E-state index in [9.17, 15) is 50.3 Å². The molecule has 0 aliphatic heterocycles. The van der Waals surface area contributed by atoms with Crippen molar-refractivity contribution in [3.05, 3.63) is 226 Å². The van der Waals surface area contributed by atoms with Gasteiger partial charge < -0.3 is 91.8 Å². The van der Waals surface area contributed by atoms with Gasteiger partial charge in [0.25, 0.3) is 0 Å². The number of sulfone groups is 2. The molecule has 0 spiro atoms. The molecule has 0 atom stereocenters. The van der Waals surface area contributed by atoms with Gasteiger partial charge in [-0.2, -0.15) is 0 Å². The molecule has 0 bridgehead atoms. The number of aromatic nitrogens is 8. The molecule has 4 aromatic heterocycles. The highest BCUT2D eigenvalue weighted by molar-refractivity contribution is 9.10. The fourth-order valence-electron chi connectivity index (χ4n) is 8.67. The quantitative estimate of drug-likeness (QED) is 0.0113. The normalized spacial score (nSPS) is 11.0. The SMILES string of the molecule is COC(=O)c1nc(-c2ccc(CO)cc2)cnc1N.COC(=O)c1nc(Br)cnc1N.COP(=O)(CS(=O)(=O)c1ccc(CC(=O)c2nc(-c3ccc(CO)cc3)cnc2N)cc1)OC.COP(=O)(CS(=O)(=O)c1ccc(N)cc1)OC.Nc1ncc(-c2ccc(CO)cc2)nc1C(=O)O.OCc1ccc(B(O)O)cc1. The molecular weight excluding hydrogens is 1600 g/mol. The third-order valence-electron chi connectivity index (χ3n) is 14.8. The predicted molar refractivity (Wildman–Crippen MR) is 412 cm³/mol. The Labute approximate surface area is 644 Å². The molecule has 0 amide bonds. The van der Waals surface area contributed by atoms with Gasteiger partial charge in [0.15, 0.2) is 76.8 Å². The van der Waals surface area contributed by atoms with E-state index in [4.69, 9.17) is 68.2 Å². The van der Waals surface area contributed by atoms with Crippen molar-refractivity contribution >= 4 is 116 Å². The molecule has 17 N–H and O–H groups in total. The van der Waals surface area contributed by atoms with E-state index < -0.39 is 76.7 Å². The molecule has 0 fully saturated rings. The summed E-state index contributed by atoms with van der Waals surface area (Å²) in [6.07, 6.45) is 5.67.